The number of hydrogen-bond acceptors (Lipinski definition) is 5. The van der Waals surface area contributed by atoms with Gasteiger partial charge in [-0.2, -0.15) is 0 Å². The van der Waals surface area contributed by atoms with Crippen LogP contribution in [0.3, 0.4) is 0 Å². The van der Waals surface area contributed by atoms with E-state index < -0.39 is 0 Å². The fourth-order valence-electron chi connectivity index (χ4n) is 1.42. The zero-order valence-corrected chi connectivity index (χ0v) is 12.0. The van der Waals surface area contributed by atoms with Crippen LogP contribution in [0.4, 0.5) is 5.82 Å². The summed E-state index contributed by atoms with van der Waals surface area (Å²) < 4.78 is 11.0. The quantitative estimate of drug-likeness (QED) is 0.717. The van der Waals surface area contributed by atoms with Gasteiger partial charge in [0.25, 0.3) is 0 Å². The van der Waals surface area contributed by atoms with E-state index in [1.165, 1.54) is 0 Å². The second kappa shape index (κ2) is 7.58. The highest BCUT2D eigenvalue weighted by atomic mass is 79.9. The molecular formula is C11H18BrN3O2. The topological polar surface area (TPSA) is 47.5 Å². The lowest BCUT2D eigenvalue weighted by molar-refractivity contribution is 0.190. The average molecular weight is 304 g/mol. The first kappa shape index (κ1) is 14.3. The molecule has 0 aromatic carbocycles. The number of nitrogens with zero attached hydrogens (tertiary/aromatic N) is 3. The molecule has 0 radical (unpaired) electrons. The minimum absolute atomic E-state index is 0.657. The fourth-order valence-corrected chi connectivity index (χ4v) is 1.88. The maximum absolute atomic E-state index is 5.10. The van der Waals surface area contributed by atoms with E-state index in [-0.39, 0.29) is 0 Å². The molecule has 1 heterocycles. The van der Waals surface area contributed by atoms with Crippen LogP contribution in [-0.4, -0.2) is 50.5 Å². The lowest BCUT2D eigenvalue weighted by atomic mass is 10.4. The Labute approximate surface area is 110 Å². The summed E-state index contributed by atoms with van der Waals surface area (Å²) in [6, 6.07) is 1.90. The van der Waals surface area contributed by atoms with Crippen LogP contribution in [0.15, 0.2) is 10.7 Å². The first-order chi connectivity index (χ1) is 8.17. The molecule has 0 amide bonds. The molecule has 0 unspecified atom stereocenters. The first-order valence-electron chi connectivity index (χ1n) is 5.41. The van der Waals surface area contributed by atoms with Crippen LogP contribution in [0.2, 0.25) is 0 Å². The molecule has 1 aromatic rings. The predicted octanol–water partition coefficient (Wildman–Crippen LogP) is 1.65. The largest absolute Gasteiger partial charge is 0.383 e. The normalized spacial score (nSPS) is 10.6. The van der Waals surface area contributed by atoms with Crippen molar-refractivity contribution in [1.29, 1.82) is 0 Å². The van der Waals surface area contributed by atoms with Gasteiger partial charge < -0.3 is 14.4 Å². The number of anilines is 1. The summed E-state index contributed by atoms with van der Waals surface area (Å²) >= 11 is 3.38. The average Bonchev–Trinajstić information content (AvgIpc) is 2.28. The molecule has 1 rings (SSSR count). The molecule has 5 nitrogen and oxygen atoms in total. The summed E-state index contributed by atoms with van der Waals surface area (Å²) in [5, 5.41) is 0. The highest BCUT2D eigenvalue weighted by Crippen LogP contribution is 2.16. The molecule has 0 fully saturated rings. The standard InChI is InChI=1S/C11H18BrN3O2/c1-9-13-10(12)8-11(14-9)15(4-6-16-2)5-7-17-3/h8H,4-7H2,1-3H3. The summed E-state index contributed by atoms with van der Waals surface area (Å²) in [5.41, 5.74) is 0. The van der Waals surface area contributed by atoms with Gasteiger partial charge in [-0.15, -0.1) is 0 Å². The third-order valence-electron chi connectivity index (χ3n) is 2.25. The van der Waals surface area contributed by atoms with Crippen molar-refractivity contribution in [3.63, 3.8) is 0 Å². The molecule has 0 N–H and O–H groups in total. The highest BCUT2D eigenvalue weighted by Gasteiger charge is 2.09. The van der Waals surface area contributed by atoms with Crippen LogP contribution < -0.4 is 4.90 Å². The van der Waals surface area contributed by atoms with Crippen LogP contribution >= 0.6 is 15.9 Å². The lowest BCUT2D eigenvalue weighted by Gasteiger charge is -2.23. The van der Waals surface area contributed by atoms with Crippen LogP contribution in [-0.2, 0) is 9.47 Å². The smallest absolute Gasteiger partial charge is 0.133 e. The summed E-state index contributed by atoms with van der Waals surface area (Å²) in [7, 11) is 3.38. The molecule has 17 heavy (non-hydrogen) atoms. The molecule has 0 aliphatic heterocycles. The monoisotopic (exact) mass is 303 g/mol. The molecule has 0 saturated heterocycles. The molecule has 0 saturated carbocycles. The summed E-state index contributed by atoms with van der Waals surface area (Å²) in [6.07, 6.45) is 0. The van der Waals surface area contributed by atoms with E-state index in [0.29, 0.717) is 13.2 Å². The molecule has 0 aliphatic rings. The van der Waals surface area contributed by atoms with Crippen molar-refractivity contribution in [3.05, 3.63) is 16.5 Å². The van der Waals surface area contributed by atoms with E-state index in [1.54, 1.807) is 14.2 Å². The van der Waals surface area contributed by atoms with E-state index in [1.807, 2.05) is 13.0 Å². The number of hydrogen-bond donors (Lipinski definition) is 0. The predicted molar refractivity (Wildman–Crippen MR) is 70.4 cm³/mol. The third kappa shape index (κ3) is 4.97. The molecule has 96 valence electrons. The van der Waals surface area contributed by atoms with Crippen LogP contribution in [0.1, 0.15) is 5.82 Å². The third-order valence-corrected chi connectivity index (χ3v) is 2.65. The molecule has 0 atom stereocenters. The highest BCUT2D eigenvalue weighted by molar-refractivity contribution is 9.10. The van der Waals surface area contributed by atoms with E-state index in [4.69, 9.17) is 9.47 Å². The van der Waals surface area contributed by atoms with E-state index in [0.717, 1.165) is 29.3 Å². The van der Waals surface area contributed by atoms with E-state index in [9.17, 15) is 0 Å². The van der Waals surface area contributed by atoms with Crippen LogP contribution in [0.25, 0.3) is 0 Å². The van der Waals surface area contributed by atoms with Gasteiger partial charge in [0.15, 0.2) is 0 Å². The second-order valence-electron chi connectivity index (χ2n) is 3.57. The van der Waals surface area contributed by atoms with Gasteiger partial charge in [-0.25, -0.2) is 9.97 Å². The van der Waals surface area contributed by atoms with Crippen LogP contribution in [0, 0.1) is 6.92 Å². The Morgan fingerprint density at radius 2 is 1.76 bits per heavy atom. The van der Waals surface area contributed by atoms with Crippen molar-refractivity contribution >= 4 is 21.7 Å². The zero-order valence-electron chi connectivity index (χ0n) is 10.4. The van der Waals surface area contributed by atoms with Gasteiger partial charge in [0.05, 0.1) is 13.2 Å². The van der Waals surface area contributed by atoms with Crippen molar-refractivity contribution in [2.24, 2.45) is 0 Å². The number of rotatable bonds is 7. The number of aryl methyl sites for hydroxylation is 1. The SMILES string of the molecule is COCCN(CCOC)c1cc(Br)nc(C)n1. The number of methoxy groups -OCH3 is 2. The summed E-state index contributed by atoms with van der Waals surface area (Å²) in [6.45, 7) is 4.75. The molecule has 6 heteroatoms. The van der Waals surface area contributed by atoms with Gasteiger partial charge >= 0.3 is 0 Å². The van der Waals surface area contributed by atoms with Crippen molar-refractivity contribution in [1.82, 2.24) is 9.97 Å². The zero-order chi connectivity index (χ0) is 12.7. The van der Waals surface area contributed by atoms with E-state index >= 15 is 0 Å². The number of aromatic nitrogens is 2. The first-order valence-corrected chi connectivity index (χ1v) is 6.20. The molecule has 0 aliphatic carbocycles. The lowest BCUT2D eigenvalue weighted by Crippen LogP contribution is -2.31. The Bertz CT molecular complexity index is 321. The maximum atomic E-state index is 5.10. The summed E-state index contributed by atoms with van der Waals surface area (Å²) in [4.78, 5) is 10.7. The Morgan fingerprint density at radius 3 is 2.24 bits per heavy atom. The Balaban J connectivity index is 2.78. The molecule has 0 bridgehead atoms. The Kier molecular flexibility index (Phi) is 6.39. The van der Waals surface area contributed by atoms with Gasteiger partial charge in [0.1, 0.15) is 16.2 Å². The van der Waals surface area contributed by atoms with Crippen molar-refractivity contribution < 1.29 is 9.47 Å². The summed E-state index contributed by atoms with van der Waals surface area (Å²) in [5.74, 6) is 1.63. The minimum Gasteiger partial charge on any atom is -0.383 e. The van der Waals surface area contributed by atoms with Gasteiger partial charge in [-0.05, 0) is 22.9 Å². The van der Waals surface area contributed by atoms with E-state index in [2.05, 4.69) is 30.8 Å². The minimum atomic E-state index is 0.657. The molecule has 0 spiro atoms. The molecular weight excluding hydrogens is 286 g/mol. The fraction of sp³-hybridized carbons (Fsp3) is 0.636. The van der Waals surface area contributed by atoms with Crippen LogP contribution in [0.5, 0.6) is 0 Å². The van der Waals surface area contributed by atoms with Gasteiger partial charge in [-0.3, -0.25) is 0 Å². The van der Waals surface area contributed by atoms with Gasteiger partial charge in [0, 0.05) is 33.4 Å². The Hall–Kier alpha value is -0.720. The number of halogens is 1. The second-order valence-corrected chi connectivity index (χ2v) is 4.38. The number of ether oxygens (including phenoxy) is 2. The maximum Gasteiger partial charge on any atom is 0.133 e. The van der Waals surface area contributed by atoms with Crippen molar-refractivity contribution in [2.45, 2.75) is 6.92 Å². The van der Waals surface area contributed by atoms with Gasteiger partial charge in [0.2, 0.25) is 0 Å². The van der Waals surface area contributed by atoms with Gasteiger partial charge in [-0.1, -0.05) is 0 Å². The van der Waals surface area contributed by atoms with Crippen molar-refractivity contribution in [3.8, 4) is 0 Å². The Morgan fingerprint density at radius 1 is 1.18 bits per heavy atom. The molecule has 1 aromatic heterocycles. The van der Waals surface area contributed by atoms with Crippen molar-refractivity contribution in [2.75, 3.05) is 45.4 Å².